The van der Waals surface area contributed by atoms with Crippen molar-refractivity contribution in [2.45, 2.75) is 32.3 Å². The van der Waals surface area contributed by atoms with E-state index in [0.29, 0.717) is 12.5 Å². The molecule has 2 nitrogen and oxygen atoms in total. The number of carbonyl (C=O) groups excluding carboxylic acids is 1. The van der Waals surface area contributed by atoms with Crippen LogP contribution in [-0.2, 0) is 11.2 Å². The van der Waals surface area contributed by atoms with Gasteiger partial charge in [-0.3, -0.25) is 4.79 Å². The second-order valence-corrected chi connectivity index (χ2v) is 3.84. The molecule has 1 aromatic carbocycles. The second kappa shape index (κ2) is 3.82. The van der Waals surface area contributed by atoms with Gasteiger partial charge in [0.1, 0.15) is 11.5 Å². The SMILES string of the molecule is CC(=O)Cc1ccc(OC2CC2)cc1. The summed E-state index contributed by atoms with van der Waals surface area (Å²) in [5.41, 5.74) is 1.06. The summed E-state index contributed by atoms with van der Waals surface area (Å²) in [5, 5.41) is 0. The highest BCUT2D eigenvalue weighted by atomic mass is 16.5. The number of carbonyl (C=O) groups is 1. The Morgan fingerprint density at radius 2 is 2.00 bits per heavy atom. The molecule has 1 aliphatic rings. The van der Waals surface area contributed by atoms with Crippen LogP contribution in [0.2, 0.25) is 0 Å². The third-order valence-corrected chi connectivity index (χ3v) is 2.20. The first-order valence-electron chi connectivity index (χ1n) is 4.99. The van der Waals surface area contributed by atoms with Crippen molar-refractivity contribution in [1.82, 2.24) is 0 Å². The summed E-state index contributed by atoms with van der Waals surface area (Å²) in [7, 11) is 0. The Bertz CT molecular complexity index is 323. The number of ether oxygens (including phenoxy) is 1. The van der Waals surface area contributed by atoms with Gasteiger partial charge < -0.3 is 4.74 Å². The van der Waals surface area contributed by atoms with Crippen LogP contribution in [0.25, 0.3) is 0 Å². The van der Waals surface area contributed by atoms with E-state index >= 15 is 0 Å². The molecule has 0 amide bonds. The van der Waals surface area contributed by atoms with Crippen molar-refractivity contribution in [3.05, 3.63) is 29.8 Å². The number of benzene rings is 1. The largest absolute Gasteiger partial charge is 0.490 e. The van der Waals surface area contributed by atoms with Crippen LogP contribution in [0.15, 0.2) is 24.3 Å². The fraction of sp³-hybridized carbons (Fsp3) is 0.417. The van der Waals surface area contributed by atoms with Crippen LogP contribution in [0.5, 0.6) is 5.75 Å². The number of hydrogen-bond donors (Lipinski definition) is 0. The van der Waals surface area contributed by atoms with E-state index in [1.54, 1.807) is 6.92 Å². The van der Waals surface area contributed by atoms with Crippen molar-refractivity contribution in [2.75, 3.05) is 0 Å². The van der Waals surface area contributed by atoms with Crippen molar-refractivity contribution in [2.24, 2.45) is 0 Å². The summed E-state index contributed by atoms with van der Waals surface area (Å²) in [6, 6.07) is 7.80. The van der Waals surface area contributed by atoms with Gasteiger partial charge in [0, 0.05) is 6.42 Å². The van der Waals surface area contributed by atoms with E-state index in [9.17, 15) is 4.79 Å². The fourth-order valence-electron chi connectivity index (χ4n) is 1.35. The van der Waals surface area contributed by atoms with Gasteiger partial charge in [0.15, 0.2) is 0 Å². The molecule has 0 spiro atoms. The highest BCUT2D eigenvalue weighted by molar-refractivity contribution is 5.78. The summed E-state index contributed by atoms with van der Waals surface area (Å²) < 4.78 is 5.60. The molecular formula is C12H14O2. The van der Waals surface area contributed by atoms with Gasteiger partial charge in [-0.2, -0.15) is 0 Å². The molecule has 0 aromatic heterocycles. The molecule has 0 bridgehead atoms. The molecular weight excluding hydrogens is 176 g/mol. The topological polar surface area (TPSA) is 26.3 Å². The summed E-state index contributed by atoms with van der Waals surface area (Å²) in [6.07, 6.45) is 3.31. The van der Waals surface area contributed by atoms with Crippen molar-refractivity contribution >= 4 is 5.78 Å². The lowest BCUT2D eigenvalue weighted by atomic mass is 10.1. The van der Waals surface area contributed by atoms with Gasteiger partial charge >= 0.3 is 0 Å². The van der Waals surface area contributed by atoms with Gasteiger partial charge in [-0.15, -0.1) is 0 Å². The van der Waals surface area contributed by atoms with Crippen molar-refractivity contribution in [1.29, 1.82) is 0 Å². The van der Waals surface area contributed by atoms with Gasteiger partial charge in [-0.1, -0.05) is 12.1 Å². The van der Waals surface area contributed by atoms with E-state index < -0.39 is 0 Å². The molecule has 0 N–H and O–H groups in total. The van der Waals surface area contributed by atoms with Crippen molar-refractivity contribution in [3.8, 4) is 5.75 Å². The first-order valence-corrected chi connectivity index (χ1v) is 4.99. The molecule has 14 heavy (non-hydrogen) atoms. The molecule has 74 valence electrons. The molecule has 1 aromatic rings. The Kier molecular flexibility index (Phi) is 2.53. The fourth-order valence-corrected chi connectivity index (χ4v) is 1.35. The molecule has 0 heterocycles. The normalized spacial score (nSPS) is 15.2. The van der Waals surface area contributed by atoms with Crippen molar-refractivity contribution in [3.63, 3.8) is 0 Å². The lowest BCUT2D eigenvalue weighted by molar-refractivity contribution is -0.116. The first-order chi connectivity index (χ1) is 6.74. The van der Waals surface area contributed by atoms with Gasteiger partial charge in [0.05, 0.1) is 6.10 Å². The summed E-state index contributed by atoms with van der Waals surface area (Å²) in [4.78, 5) is 10.9. The van der Waals surface area contributed by atoms with E-state index in [0.717, 1.165) is 11.3 Å². The number of rotatable bonds is 4. The maximum Gasteiger partial charge on any atom is 0.134 e. The average molecular weight is 190 g/mol. The molecule has 0 atom stereocenters. The third-order valence-electron chi connectivity index (χ3n) is 2.20. The van der Waals surface area contributed by atoms with Crippen LogP contribution in [0.4, 0.5) is 0 Å². The van der Waals surface area contributed by atoms with E-state index in [4.69, 9.17) is 4.74 Å². The number of hydrogen-bond acceptors (Lipinski definition) is 2. The van der Waals surface area contributed by atoms with Crippen LogP contribution in [0, 0.1) is 0 Å². The second-order valence-electron chi connectivity index (χ2n) is 3.84. The van der Waals surface area contributed by atoms with Crippen LogP contribution in [-0.4, -0.2) is 11.9 Å². The number of Topliss-reactive ketones (excluding diaryl/α,β-unsaturated/α-hetero) is 1. The maximum absolute atomic E-state index is 10.9. The van der Waals surface area contributed by atoms with E-state index in [2.05, 4.69) is 0 Å². The van der Waals surface area contributed by atoms with Crippen LogP contribution in [0.3, 0.4) is 0 Å². The smallest absolute Gasteiger partial charge is 0.134 e. The highest BCUT2D eigenvalue weighted by Crippen LogP contribution is 2.26. The molecule has 1 fully saturated rings. The Hall–Kier alpha value is -1.31. The minimum absolute atomic E-state index is 0.195. The molecule has 2 heteroatoms. The predicted molar refractivity (Wildman–Crippen MR) is 54.5 cm³/mol. The Balaban J connectivity index is 1.97. The lowest BCUT2D eigenvalue weighted by Gasteiger charge is -2.04. The molecule has 0 aliphatic heterocycles. The summed E-state index contributed by atoms with van der Waals surface area (Å²) in [6.45, 7) is 1.61. The standard InChI is InChI=1S/C12H14O2/c1-9(13)8-10-2-4-11(5-3-10)14-12-6-7-12/h2-5,12H,6-8H2,1H3. The Morgan fingerprint density at radius 1 is 1.36 bits per heavy atom. The van der Waals surface area contributed by atoms with Crippen LogP contribution < -0.4 is 4.74 Å². The van der Waals surface area contributed by atoms with E-state index in [-0.39, 0.29) is 5.78 Å². The molecule has 1 aliphatic carbocycles. The zero-order valence-electron chi connectivity index (χ0n) is 8.32. The van der Waals surface area contributed by atoms with Crippen molar-refractivity contribution < 1.29 is 9.53 Å². The molecule has 1 saturated carbocycles. The zero-order valence-corrected chi connectivity index (χ0v) is 8.32. The highest BCUT2D eigenvalue weighted by Gasteiger charge is 2.23. The van der Waals surface area contributed by atoms with Gasteiger partial charge in [-0.05, 0) is 37.5 Å². The summed E-state index contributed by atoms with van der Waals surface area (Å²) >= 11 is 0. The minimum Gasteiger partial charge on any atom is -0.490 e. The van der Waals surface area contributed by atoms with Gasteiger partial charge in [-0.25, -0.2) is 0 Å². The van der Waals surface area contributed by atoms with Gasteiger partial charge in [0.2, 0.25) is 0 Å². The Labute approximate surface area is 83.9 Å². The van der Waals surface area contributed by atoms with Crippen LogP contribution in [0.1, 0.15) is 25.3 Å². The van der Waals surface area contributed by atoms with Crippen LogP contribution >= 0.6 is 0 Å². The lowest BCUT2D eigenvalue weighted by Crippen LogP contribution is -1.98. The minimum atomic E-state index is 0.195. The average Bonchev–Trinajstić information content (AvgIpc) is 2.91. The predicted octanol–water partition coefficient (Wildman–Crippen LogP) is 2.36. The molecule has 2 rings (SSSR count). The number of ketones is 1. The molecule has 0 unspecified atom stereocenters. The monoisotopic (exact) mass is 190 g/mol. The molecule has 0 saturated heterocycles. The third kappa shape index (κ3) is 2.59. The quantitative estimate of drug-likeness (QED) is 0.728. The summed E-state index contributed by atoms with van der Waals surface area (Å²) in [5.74, 6) is 1.11. The zero-order chi connectivity index (χ0) is 9.97. The van der Waals surface area contributed by atoms with Gasteiger partial charge in [0.25, 0.3) is 0 Å². The molecule has 0 radical (unpaired) electrons. The first kappa shape index (κ1) is 9.25. The van der Waals surface area contributed by atoms with E-state index in [1.807, 2.05) is 24.3 Å². The van der Waals surface area contributed by atoms with E-state index in [1.165, 1.54) is 12.8 Å². The Morgan fingerprint density at radius 3 is 2.50 bits per heavy atom. The maximum atomic E-state index is 10.9.